The minimum Gasteiger partial charge on any atom is -0.347 e. The van der Waals surface area contributed by atoms with E-state index in [9.17, 15) is 26.0 Å². The molecule has 5 nitrogen and oxygen atoms in total. The first-order chi connectivity index (χ1) is 16.2. The number of fused-ring (bicyclic) bond motifs is 1. The third-order valence-electron chi connectivity index (χ3n) is 6.06. The van der Waals surface area contributed by atoms with Crippen LogP contribution in [0.1, 0.15) is 51.3 Å². The zero-order chi connectivity index (χ0) is 25.8. The molecule has 190 valence electrons. The van der Waals surface area contributed by atoms with Crippen molar-refractivity contribution in [1.82, 2.24) is 14.3 Å². The first-order valence-electron chi connectivity index (χ1n) is 11.2. The molecule has 0 unspecified atom stereocenters. The fourth-order valence-corrected chi connectivity index (χ4v) is 5.77. The van der Waals surface area contributed by atoms with Crippen LogP contribution in [0.5, 0.6) is 0 Å². The Morgan fingerprint density at radius 1 is 1.09 bits per heavy atom. The number of pyridine rings is 1. The lowest BCUT2D eigenvalue weighted by molar-refractivity contribution is -0.140. The minimum atomic E-state index is -4.91. The van der Waals surface area contributed by atoms with Gasteiger partial charge in [-0.05, 0) is 42.0 Å². The third kappa shape index (κ3) is 5.35. The Morgan fingerprint density at radius 2 is 1.77 bits per heavy atom. The Morgan fingerprint density at radius 3 is 2.34 bits per heavy atom. The monoisotopic (exact) mass is 515 g/mol. The van der Waals surface area contributed by atoms with E-state index >= 15 is 4.39 Å². The lowest BCUT2D eigenvalue weighted by atomic mass is 9.96. The number of sulfonamides is 1. The van der Waals surface area contributed by atoms with E-state index in [4.69, 9.17) is 0 Å². The first-order valence-corrected chi connectivity index (χ1v) is 12.7. The molecule has 4 rings (SSSR count). The van der Waals surface area contributed by atoms with Crippen LogP contribution in [-0.4, -0.2) is 23.2 Å². The van der Waals surface area contributed by atoms with E-state index < -0.39 is 49.9 Å². The summed E-state index contributed by atoms with van der Waals surface area (Å²) in [5, 5.41) is -0.0836. The molecule has 0 aliphatic heterocycles. The Bertz CT molecular complexity index is 1370. The summed E-state index contributed by atoms with van der Waals surface area (Å²) in [6, 6.07) is 2.93. The van der Waals surface area contributed by atoms with Gasteiger partial charge in [0.2, 0.25) is 10.0 Å². The van der Waals surface area contributed by atoms with Crippen LogP contribution in [-0.2, 0) is 29.3 Å². The van der Waals surface area contributed by atoms with Crippen LogP contribution >= 0.6 is 0 Å². The molecule has 1 N–H and O–H groups in total. The largest absolute Gasteiger partial charge is 0.433 e. The van der Waals surface area contributed by atoms with Crippen LogP contribution in [0.3, 0.4) is 0 Å². The molecule has 1 aliphatic rings. The smallest absolute Gasteiger partial charge is 0.347 e. The summed E-state index contributed by atoms with van der Waals surface area (Å²) in [4.78, 5) is 3.17. The van der Waals surface area contributed by atoms with Crippen LogP contribution in [0.2, 0.25) is 0 Å². The second-order valence-corrected chi connectivity index (χ2v) is 12.2. The van der Waals surface area contributed by atoms with Crippen molar-refractivity contribution in [3.8, 4) is 11.1 Å². The van der Waals surface area contributed by atoms with Gasteiger partial charge in [-0.25, -0.2) is 26.9 Å². The molecular weight excluding hydrogens is 489 g/mol. The van der Waals surface area contributed by atoms with Crippen molar-refractivity contribution >= 4 is 20.9 Å². The Labute approximate surface area is 200 Å². The van der Waals surface area contributed by atoms with Crippen molar-refractivity contribution < 1.29 is 30.4 Å². The molecule has 2 aromatic heterocycles. The second-order valence-electron chi connectivity index (χ2n) is 10.2. The van der Waals surface area contributed by atoms with Crippen LogP contribution in [0.15, 0.2) is 30.6 Å². The van der Waals surface area contributed by atoms with Gasteiger partial charge in [0.15, 0.2) is 5.69 Å². The molecule has 1 aromatic carbocycles. The van der Waals surface area contributed by atoms with Gasteiger partial charge in [0.25, 0.3) is 0 Å². The SMILES string of the molecule is CC(C)(C)Cn1cc(CNS(=O)(=O)C2CCC2)c2cc(F)c(-c3cc(F)cnc3C(F)(F)F)cc21. The molecule has 1 fully saturated rings. The van der Waals surface area contributed by atoms with Crippen molar-refractivity contribution in [3.63, 3.8) is 0 Å². The predicted molar refractivity (Wildman–Crippen MR) is 123 cm³/mol. The van der Waals surface area contributed by atoms with Gasteiger partial charge >= 0.3 is 6.18 Å². The fourth-order valence-electron chi connectivity index (χ4n) is 4.22. The number of hydrogen-bond donors (Lipinski definition) is 1. The zero-order valence-corrected chi connectivity index (χ0v) is 20.3. The Hall–Kier alpha value is -2.53. The Balaban J connectivity index is 1.84. The van der Waals surface area contributed by atoms with E-state index in [-0.39, 0.29) is 12.0 Å². The van der Waals surface area contributed by atoms with Gasteiger partial charge in [0.1, 0.15) is 11.6 Å². The summed E-state index contributed by atoms with van der Waals surface area (Å²) < 4.78 is 99.0. The molecule has 0 saturated heterocycles. The number of halogens is 5. The zero-order valence-electron chi connectivity index (χ0n) is 19.5. The van der Waals surface area contributed by atoms with Crippen LogP contribution in [0, 0.1) is 17.0 Å². The first kappa shape index (κ1) is 25.6. The molecule has 0 amide bonds. The topological polar surface area (TPSA) is 64.0 Å². The molecule has 0 spiro atoms. The van der Waals surface area contributed by atoms with Gasteiger partial charge in [-0.1, -0.05) is 27.2 Å². The van der Waals surface area contributed by atoms with Gasteiger partial charge in [-0.2, -0.15) is 13.2 Å². The summed E-state index contributed by atoms with van der Waals surface area (Å²) in [5.74, 6) is -2.02. The van der Waals surface area contributed by atoms with E-state index in [1.165, 1.54) is 6.07 Å². The van der Waals surface area contributed by atoms with Gasteiger partial charge in [0, 0.05) is 41.3 Å². The van der Waals surface area contributed by atoms with Gasteiger partial charge in [0.05, 0.1) is 11.4 Å². The van der Waals surface area contributed by atoms with Crippen molar-refractivity contribution in [3.05, 3.63) is 53.5 Å². The van der Waals surface area contributed by atoms with E-state index in [0.29, 0.717) is 48.1 Å². The lowest BCUT2D eigenvalue weighted by Crippen LogP contribution is -2.38. The molecule has 0 atom stereocenters. The molecule has 1 aliphatic carbocycles. The van der Waals surface area contributed by atoms with E-state index in [0.717, 1.165) is 12.5 Å². The van der Waals surface area contributed by atoms with Gasteiger partial charge in [-0.3, -0.25) is 0 Å². The van der Waals surface area contributed by atoms with Crippen molar-refractivity contribution in [2.24, 2.45) is 5.41 Å². The highest BCUT2D eigenvalue weighted by Gasteiger charge is 2.37. The van der Waals surface area contributed by atoms with Crippen LogP contribution < -0.4 is 4.72 Å². The highest BCUT2D eigenvalue weighted by Crippen LogP contribution is 2.39. The quantitative estimate of drug-likeness (QED) is 0.409. The van der Waals surface area contributed by atoms with Crippen molar-refractivity contribution in [2.75, 3.05) is 0 Å². The number of benzene rings is 1. The molecule has 0 bridgehead atoms. The maximum absolute atomic E-state index is 15.2. The normalized spacial score (nSPS) is 15.5. The summed E-state index contributed by atoms with van der Waals surface area (Å²) in [6.07, 6.45) is -0.777. The average molecular weight is 516 g/mol. The average Bonchev–Trinajstić information content (AvgIpc) is 2.97. The molecule has 11 heteroatoms. The van der Waals surface area contributed by atoms with Gasteiger partial charge < -0.3 is 4.57 Å². The maximum Gasteiger partial charge on any atom is 0.433 e. The lowest BCUT2D eigenvalue weighted by Gasteiger charge is -2.25. The van der Waals surface area contributed by atoms with Gasteiger partial charge in [-0.15, -0.1) is 0 Å². The van der Waals surface area contributed by atoms with Crippen molar-refractivity contribution in [2.45, 2.75) is 64.5 Å². The van der Waals surface area contributed by atoms with E-state index in [2.05, 4.69) is 9.71 Å². The number of nitrogens with one attached hydrogen (secondary N) is 1. The fraction of sp³-hybridized carbons (Fsp3) is 0.458. The predicted octanol–water partition coefficient (Wildman–Crippen LogP) is 6.02. The Kier molecular flexibility index (Phi) is 6.46. The molecule has 3 aromatic rings. The molecular formula is C24H26F5N3O2S. The summed E-state index contributed by atoms with van der Waals surface area (Å²) >= 11 is 0. The summed E-state index contributed by atoms with van der Waals surface area (Å²) in [5.41, 5.74) is -1.88. The minimum absolute atomic E-state index is 0.0828. The number of nitrogens with zero attached hydrogens (tertiary/aromatic N) is 2. The second kappa shape index (κ2) is 8.85. The molecule has 35 heavy (non-hydrogen) atoms. The molecule has 2 heterocycles. The highest BCUT2D eigenvalue weighted by molar-refractivity contribution is 7.90. The van der Waals surface area contributed by atoms with Crippen LogP contribution in [0.25, 0.3) is 22.0 Å². The highest BCUT2D eigenvalue weighted by atomic mass is 32.2. The number of rotatable bonds is 6. The van der Waals surface area contributed by atoms with Crippen LogP contribution in [0.4, 0.5) is 22.0 Å². The van der Waals surface area contributed by atoms with E-state index in [1.54, 1.807) is 10.8 Å². The standard InChI is InChI=1S/C24H26F5N3O2S/c1-23(2,3)13-32-12-14(10-31-35(33,34)16-5-4-6-16)17-8-20(26)18(9-21(17)32)19-7-15(25)11-30-22(19)24(27,28)29/h7-9,11-12,16,31H,4-6,10,13H2,1-3H3. The molecule has 1 saturated carbocycles. The number of hydrogen-bond acceptors (Lipinski definition) is 3. The third-order valence-corrected chi connectivity index (χ3v) is 7.96. The number of alkyl halides is 3. The maximum atomic E-state index is 15.2. The summed E-state index contributed by atoms with van der Waals surface area (Å²) in [6.45, 7) is 6.22. The van der Waals surface area contributed by atoms with E-state index in [1.807, 2.05) is 20.8 Å². The van der Waals surface area contributed by atoms with Crippen molar-refractivity contribution in [1.29, 1.82) is 0 Å². The molecule has 0 radical (unpaired) electrons. The number of aromatic nitrogens is 2. The summed E-state index contributed by atoms with van der Waals surface area (Å²) in [7, 11) is -3.53.